The summed E-state index contributed by atoms with van der Waals surface area (Å²) >= 11 is 0. The molecule has 0 radical (unpaired) electrons. The number of hydrogen-bond donors (Lipinski definition) is 0. The third-order valence-corrected chi connectivity index (χ3v) is 5.34. The van der Waals surface area contributed by atoms with Gasteiger partial charge >= 0.3 is 0 Å². The largest absolute Gasteiger partial charge is 0.345 e. The van der Waals surface area contributed by atoms with Gasteiger partial charge in [-0.05, 0) is 39.2 Å². The Labute approximate surface area is 155 Å². The molecule has 1 aromatic heterocycles. The zero-order valence-electron chi connectivity index (χ0n) is 16.1. The van der Waals surface area contributed by atoms with Gasteiger partial charge in [-0.15, -0.1) is 0 Å². The van der Waals surface area contributed by atoms with Crippen LogP contribution in [-0.2, 0) is 4.79 Å². The number of nitrogens with zero attached hydrogens (tertiary/aromatic N) is 5. The Balaban J connectivity index is 1.75. The van der Waals surface area contributed by atoms with Crippen LogP contribution in [0.25, 0.3) is 0 Å². The van der Waals surface area contributed by atoms with Crippen molar-refractivity contribution in [2.75, 3.05) is 40.3 Å². The molecule has 7 heteroatoms. The number of carbonyl (C=O) groups excluding carboxylic acids is 2. The van der Waals surface area contributed by atoms with Crippen LogP contribution < -0.4 is 0 Å². The van der Waals surface area contributed by atoms with Crippen molar-refractivity contribution in [3.8, 4) is 0 Å². The van der Waals surface area contributed by atoms with Gasteiger partial charge in [0.25, 0.3) is 5.91 Å². The molecule has 0 aliphatic carbocycles. The normalized spacial score (nSPS) is 21.0. The summed E-state index contributed by atoms with van der Waals surface area (Å²) < 4.78 is 0. The second-order valence-electron chi connectivity index (χ2n) is 7.50. The first-order valence-electron chi connectivity index (χ1n) is 9.54. The maximum atomic E-state index is 12.6. The minimum absolute atomic E-state index is 0.0533. The van der Waals surface area contributed by atoms with Crippen LogP contribution >= 0.6 is 0 Å². The lowest BCUT2D eigenvalue weighted by atomic mass is 10.0. The van der Waals surface area contributed by atoms with E-state index < -0.39 is 0 Å². The molecule has 3 rings (SSSR count). The summed E-state index contributed by atoms with van der Waals surface area (Å²) in [6.45, 7) is 4.95. The number of amides is 2. The smallest absolute Gasteiger partial charge is 0.256 e. The topological polar surface area (TPSA) is 69.6 Å². The Morgan fingerprint density at radius 3 is 2.50 bits per heavy atom. The molecule has 2 aliphatic rings. The number of hydrogen-bond acceptors (Lipinski definition) is 5. The summed E-state index contributed by atoms with van der Waals surface area (Å²) in [5.74, 6) is 0.857. The van der Waals surface area contributed by atoms with Crippen LogP contribution in [0.1, 0.15) is 60.0 Å². The molecule has 0 aromatic carbocycles. The van der Waals surface area contributed by atoms with Crippen molar-refractivity contribution in [2.45, 2.75) is 45.1 Å². The van der Waals surface area contributed by atoms with Gasteiger partial charge in [0.2, 0.25) is 5.91 Å². The lowest BCUT2D eigenvalue weighted by Crippen LogP contribution is -2.43. The zero-order chi connectivity index (χ0) is 18.7. The highest BCUT2D eigenvalue weighted by atomic mass is 16.2. The van der Waals surface area contributed by atoms with E-state index in [4.69, 9.17) is 0 Å². The average molecular weight is 359 g/mol. The number of likely N-dealkylation sites (tertiary alicyclic amines) is 2. The summed E-state index contributed by atoms with van der Waals surface area (Å²) in [7, 11) is 3.45. The van der Waals surface area contributed by atoms with E-state index in [1.54, 1.807) is 20.3 Å². The first-order valence-corrected chi connectivity index (χ1v) is 9.54. The molecule has 26 heavy (non-hydrogen) atoms. The van der Waals surface area contributed by atoms with Crippen molar-refractivity contribution in [3.05, 3.63) is 23.3 Å². The highest BCUT2D eigenvalue weighted by molar-refractivity contribution is 5.94. The van der Waals surface area contributed by atoms with Crippen molar-refractivity contribution >= 4 is 11.8 Å². The molecule has 2 saturated heterocycles. The molecule has 0 bridgehead atoms. The van der Waals surface area contributed by atoms with Crippen LogP contribution in [0.15, 0.2) is 6.20 Å². The minimum Gasteiger partial charge on any atom is -0.345 e. The van der Waals surface area contributed by atoms with Gasteiger partial charge in [-0.2, -0.15) is 0 Å². The van der Waals surface area contributed by atoms with E-state index in [1.807, 2.05) is 11.8 Å². The van der Waals surface area contributed by atoms with Crippen LogP contribution in [0, 0.1) is 6.92 Å². The summed E-state index contributed by atoms with van der Waals surface area (Å²) in [4.78, 5) is 39.6. The van der Waals surface area contributed by atoms with Crippen molar-refractivity contribution in [1.29, 1.82) is 0 Å². The van der Waals surface area contributed by atoms with Gasteiger partial charge in [0.15, 0.2) is 0 Å². The molecule has 0 unspecified atom stereocenters. The number of rotatable bonds is 4. The van der Waals surface area contributed by atoms with E-state index >= 15 is 0 Å². The van der Waals surface area contributed by atoms with Crippen LogP contribution in [0.4, 0.5) is 0 Å². The summed E-state index contributed by atoms with van der Waals surface area (Å²) in [5.41, 5.74) is 1.24. The van der Waals surface area contributed by atoms with E-state index in [0.29, 0.717) is 17.8 Å². The third kappa shape index (κ3) is 4.03. The van der Waals surface area contributed by atoms with Crippen molar-refractivity contribution in [1.82, 2.24) is 24.7 Å². The fourth-order valence-corrected chi connectivity index (χ4v) is 3.81. The number of aryl methyl sites for hydroxylation is 1. The molecule has 2 amide bonds. The molecular formula is C19H29N5O2. The molecule has 142 valence electrons. The van der Waals surface area contributed by atoms with Gasteiger partial charge < -0.3 is 9.80 Å². The maximum Gasteiger partial charge on any atom is 0.256 e. The molecule has 3 heterocycles. The fourth-order valence-electron chi connectivity index (χ4n) is 3.81. The molecule has 1 aromatic rings. The Morgan fingerprint density at radius 1 is 1.15 bits per heavy atom. The van der Waals surface area contributed by atoms with Crippen molar-refractivity contribution in [3.63, 3.8) is 0 Å². The first kappa shape index (κ1) is 18.8. The predicted molar refractivity (Wildman–Crippen MR) is 98.8 cm³/mol. The van der Waals surface area contributed by atoms with Crippen molar-refractivity contribution in [2.24, 2.45) is 0 Å². The maximum absolute atomic E-state index is 12.6. The van der Waals surface area contributed by atoms with Crippen LogP contribution in [0.5, 0.6) is 0 Å². The van der Waals surface area contributed by atoms with Gasteiger partial charge in [-0.25, -0.2) is 9.97 Å². The molecule has 0 spiro atoms. The Hall–Kier alpha value is -2.02. The van der Waals surface area contributed by atoms with Crippen molar-refractivity contribution < 1.29 is 9.59 Å². The SMILES string of the molecule is Cc1nc([C@H]2CCCCN2CC(=O)N2CCCC2)ncc1C(=O)N(C)C. The lowest BCUT2D eigenvalue weighted by molar-refractivity contribution is -0.132. The highest BCUT2D eigenvalue weighted by Gasteiger charge is 2.30. The van der Waals surface area contributed by atoms with E-state index in [-0.39, 0.29) is 17.9 Å². The monoisotopic (exact) mass is 359 g/mol. The summed E-state index contributed by atoms with van der Waals surface area (Å²) in [5, 5.41) is 0. The molecule has 2 fully saturated rings. The van der Waals surface area contributed by atoms with Crippen LogP contribution in [0.3, 0.4) is 0 Å². The van der Waals surface area contributed by atoms with E-state index in [0.717, 1.165) is 57.6 Å². The Bertz CT molecular complexity index is 670. The predicted octanol–water partition coefficient (Wildman–Crippen LogP) is 1.64. The molecule has 1 atom stereocenters. The molecule has 0 saturated carbocycles. The first-order chi connectivity index (χ1) is 12.5. The molecule has 2 aliphatic heterocycles. The van der Waals surface area contributed by atoms with Gasteiger partial charge in [0, 0.05) is 33.4 Å². The number of piperidine rings is 1. The van der Waals surface area contributed by atoms with Gasteiger partial charge in [0.05, 0.1) is 23.8 Å². The zero-order valence-corrected chi connectivity index (χ0v) is 16.1. The van der Waals surface area contributed by atoms with E-state index in [9.17, 15) is 9.59 Å². The van der Waals surface area contributed by atoms with Gasteiger partial charge in [-0.1, -0.05) is 6.42 Å². The lowest BCUT2D eigenvalue weighted by Gasteiger charge is -2.35. The second-order valence-corrected chi connectivity index (χ2v) is 7.50. The second kappa shape index (κ2) is 8.12. The Kier molecular flexibility index (Phi) is 5.86. The van der Waals surface area contributed by atoms with E-state index in [1.165, 1.54) is 4.90 Å². The molecular weight excluding hydrogens is 330 g/mol. The quantitative estimate of drug-likeness (QED) is 0.817. The Morgan fingerprint density at radius 2 is 1.85 bits per heavy atom. The average Bonchev–Trinajstić information content (AvgIpc) is 3.16. The minimum atomic E-state index is -0.0845. The van der Waals surface area contributed by atoms with Gasteiger partial charge in [-0.3, -0.25) is 14.5 Å². The molecule has 7 nitrogen and oxygen atoms in total. The third-order valence-electron chi connectivity index (χ3n) is 5.34. The standard InChI is InChI=1S/C19H29N5O2/c1-14-15(19(26)22(2)3)12-20-18(21-14)16-8-4-5-11-24(16)13-17(25)23-9-6-7-10-23/h12,16H,4-11,13H2,1-3H3/t16-/m1/s1. The number of aromatic nitrogens is 2. The van der Waals surface area contributed by atoms with Crippen LogP contribution in [0.2, 0.25) is 0 Å². The highest BCUT2D eigenvalue weighted by Crippen LogP contribution is 2.29. The summed E-state index contributed by atoms with van der Waals surface area (Å²) in [6, 6.07) is 0.0533. The number of carbonyl (C=O) groups is 2. The van der Waals surface area contributed by atoms with Gasteiger partial charge in [0.1, 0.15) is 5.82 Å². The summed E-state index contributed by atoms with van der Waals surface area (Å²) in [6.07, 6.45) is 7.01. The van der Waals surface area contributed by atoms with E-state index in [2.05, 4.69) is 14.9 Å². The van der Waals surface area contributed by atoms with Crippen LogP contribution in [-0.4, -0.2) is 76.8 Å². The fraction of sp³-hybridized carbons (Fsp3) is 0.684. The molecule has 0 N–H and O–H groups in total.